The second-order valence-electron chi connectivity index (χ2n) is 4.19. The zero-order valence-corrected chi connectivity index (χ0v) is 10.3. The van der Waals surface area contributed by atoms with Crippen LogP contribution in [0.2, 0.25) is 0 Å². The molecule has 0 saturated carbocycles. The normalized spacial score (nSPS) is 9.88. The van der Waals surface area contributed by atoms with Gasteiger partial charge in [-0.15, -0.1) is 13.2 Å². The average molecular weight is 212 g/mol. The Morgan fingerprint density at radius 2 is 1.81 bits per heavy atom. The molecule has 0 aromatic heterocycles. The molecule has 0 amide bonds. The van der Waals surface area contributed by atoms with Crippen LogP contribution >= 0.6 is 0 Å². The molecule has 0 spiro atoms. The minimum absolute atomic E-state index is 0.907. The van der Waals surface area contributed by atoms with E-state index in [1.807, 2.05) is 12.2 Å². The average Bonchev–Trinajstić information content (AvgIpc) is 2.23. The summed E-state index contributed by atoms with van der Waals surface area (Å²) in [6, 6.07) is 4.46. The third kappa shape index (κ3) is 2.73. The summed E-state index contributed by atoms with van der Waals surface area (Å²) in [6.07, 6.45) is 5.70. The van der Waals surface area contributed by atoms with Gasteiger partial charge in [0.25, 0.3) is 0 Å². The molecule has 0 atom stereocenters. The van der Waals surface area contributed by atoms with Crippen LogP contribution in [0.5, 0.6) is 0 Å². The van der Waals surface area contributed by atoms with Crippen LogP contribution in [0, 0.1) is 6.92 Å². The fourth-order valence-corrected chi connectivity index (χ4v) is 1.94. The van der Waals surface area contributed by atoms with Crippen LogP contribution in [0.1, 0.15) is 29.2 Å². The molecule has 0 heterocycles. The minimum Gasteiger partial charge on any atom is -0.103 e. The molecule has 1 aromatic rings. The number of benzene rings is 1. The standard InChI is InChI=1S/C16H20/c1-6-8-14-10-15(9-7-2)13(5)16(11-14)12(3)4/h6-7,10-11H,1-3,8-9H2,4-5H3. The summed E-state index contributed by atoms with van der Waals surface area (Å²) in [5.74, 6) is 0. The summed E-state index contributed by atoms with van der Waals surface area (Å²) >= 11 is 0. The zero-order chi connectivity index (χ0) is 12.1. The Hall–Kier alpha value is -1.56. The Bertz CT molecular complexity index is 422. The molecule has 0 N–H and O–H groups in total. The molecular formula is C16H20. The summed E-state index contributed by atoms with van der Waals surface area (Å²) in [4.78, 5) is 0. The Kier molecular flexibility index (Phi) is 4.30. The Labute approximate surface area is 99.0 Å². The summed E-state index contributed by atoms with van der Waals surface area (Å²) in [5.41, 5.74) is 6.34. The zero-order valence-electron chi connectivity index (χ0n) is 10.3. The van der Waals surface area contributed by atoms with Gasteiger partial charge in [-0.05, 0) is 48.9 Å². The van der Waals surface area contributed by atoms with Crippen LogP contribution in [0.25, 0.3) is 5.57 Å². The third-order valence-electron chi connectivity index (χ3n) is 2.78. The fourth-order valence-electron chi connectivity index (χ4n) is 1.94. The molecule has 0 radical (unpaired) electrons. The first-order valence-corrected chi connectivity index (χ1v) is 5.60. The fraction of sp³-hybridized carbons (Fsp3) is 0.250. The molecule has 16 heavy (non-hydrogen) atoms. The minimum atomic E-state index is 0.907. The van der Waals surface area contributed by atoms with Crippen molar-refractivity contribution in [3.8, 4) is 0 Å². The lowest BCUT2D eigenvalue weighted by Crippen LogP contribution is -1.96. The number of hydrogen-bond acceptors (Lipinski definition) is 0. The maximum Gasteiger partial charge on any atom is -0.00972 e. The van der Waals surface area contributed by atoms with Crippen LogP contribution in [-0.4, -0.2) is 0 Å². The van der Waals surface area contributed by atoms with Crippen LogP contribution in [0.15, 0.2) is 44.0 Å². The van der Waals surface area contributed by atoms with Crippen LogP contribution < -0.4 is 0 Å². The van der Waals surface area contributed by atoms with Crippen LogP contribution in [0.4, 0.5) is 0 Å². The molecule has 0 aliphatic rings. The van der Waals surface area contributed by atoms with Gasteiger partial charge in [-0.3, -0.25) is 0 Å². The van der Waals surface area contributed by atoms with E-state index in [0.717, 1.165) is 18.4 Å². The van der Waals surface area contributed by atoms with Crippen molar-refractivity contribution in [1.29, 1.82) is 0 Å². The highest BCUT2D eigenvalue weighted by molar-refractivity contribution is 5.66. The van der Waals surface area contributed by atoms with Gasteiger partial charge in [0.15, 0.2) is 0 Å². The van der Waals surface area contributed by atoms with E-state index in [-0.39, 0.29) is 0 Å². The molecule has 0 aliphatic carbocycles. The summed E-state index contributed by atoms with van der Waals surface area (Å²) < 4.78 is 0. The molecular weight excluding hydrogens is 192 g/mol. The molecule has 1 aromatic carbocycles. The van der Waals surface area contributed by atoms with Gasteiger partial charge in [0, 0.05) is 0 Å². The Morgan fingerprint density at radius 3 is 2.31 bits per heavy atom. The lowest BCUT2D eigenvalue weighted by molar-refractivity contribution is 1.16. The maximum atomic E-state index is 4.04. The first-order valence-electron chi connectivity index (χ1n) is 5.60. The van der Waals surface area contributed by atoms with Gasteiger partial charge in [-0.25, -0.2) is 0 Å². The highest BCUT2D eigenvalue weighted by Gasteiger charge is 2.06. The van der Waals surface area contributed by atoms with E-state index in [9.17, 15) is 0 Å². The number of hydrogen-bond donors (Lipinski definition) is 0. The lowest BCUT2D eigenvalue weighted by atomic mass is 9.92. The van der Waals surface area contributed by atoms with Gasteiger partial charge in [-0.2, -0.15) is 0 Å². The van der Waals surface area contributed by atoms with Crippen molar-refractivity contribution >= 4 is 5.57 Å². The van der Waals surface area contributed by atoms with E-state index in [1.165, 1.54) is 22.3 Å². The van der Waals surface area contributed by atoms with Gasteiger partial charge in [0.1, 0.15) is 0 Å². The van der Waals surface area contributed by atoms with E-state index in [4.69, 9.17) is 0 Å². The van der Waals surface area contributed by atoms with Crippen molar-refractivity contribution in [3.63, 3.8) is 0 Å². The quantitative estimate of drug-likeness (QED) is 0.631. The first-order chi connectivity index (χ1) is 7.60. The van der Waals surface area contributed by atoms with Crippen molar-refractivity contribution in [2.24, 2.45) is 0 Å². The van der Waals surface area contributed by atoms with Crippen molar-refractivity contribution < 1.29 is 0 Å². The first kappa shape index (κ1) is 12.5. The summed E-state index contributed by atoms with van der Waals surface area (Å²) in [7, 11) is 0. The highest BCUT2D eigenvalue weighted by Crippen LogP contribution is 2.23. The van der Waals surface area contributed by atoms with E-state index in [2.05, 4.69) is 45.7 Å². The molecule has 0 heteroatoms. The molecule has 0 fully saturated rings. The van der Waals surface area contributed by atoms with Gasteiger partial charge in [-0.1, -0.05) is 36.4 Å². The SMILES string of the molecule is C=CCc1cc(CC=C)c(C)c(C(=C)C)c1. The largest absolute Gasteiger partial charge is 0.103 e. The maximum absolute atomic E-state index is 4.04. The van der Waals surface area contributed by atoms with Gasteiger partial charge >= 0.3 is 0 Å². The van der Waals surface area contributed by atoms with E-state index in [0.29, 0.717) is 0 Å². The lowest BCUT2D eigenvalue weighted by Gasteiger charge is -2.13. The van der Waals surface area contributed by atoms with Crippen molar-refractivity contribution in [2.45, 2.75) is 26.7 Å². The monoisotopic (exact) mass is 212 g/mol. The van der Waals surface area contributed by atoms with Gasteiger partial charge in [0.2, 0.25) is 0 Å². The van der Waals surface area contributed by atoms with E-state index >= 15 is 0 Å². The molecule has 84 valence electrons. The van der Waals surface area contributed by atoms with Crippen molar-refractivity contribution in [2.75, 3.05) is 0 Å². The summed E-state index contributed by atoms with van der Waals surface area (Å²) in [6.45, 7) is 15.8. The number of rotatable bonds is 5. The predicted molar refractivity (Wildman–Crippen MR) is 73.7 cm³/mol. The van der Waals surface area contributed by atoms with Crippen molar-refractivity contribution in [1.82, 2.24) is 0 Å². The second kappa shape index (κ2) is 5.50. The van der Waals surface area contributed by atoms with Gasteiger partial charge < -0.3 is 0 Å². The smallest absolute Gasteiger partial charge is 0.00972 e. The topological polar surface area (TPSA) is 0 Å². The second-order valence-corrected chi connectivity index (χ2v) is 4.19. The Balaban J connectivity index is 3.31. The van der Waals surface area contributed by atoms with Crippen LogP contribution in [0.3, 0.4) is 0 Å². The summed E-state index contributed by atoms with van der Waals surface area (Å²) in [5, 5.41) is 0. The molecule has 1 rings (SSSR count). The molecule has 0 bridgehead atoms. The Morgan fingerprint density at radius 1 is 1.19 bits per heavy atom. The van der Waals surface area contributed by atoms with Crippen LogP contribution in [-0.2, 0) is 12.8 Å². The molecule has 0 unspecified atom stereocenters. The molecule has 0 nitrogen and oxygen atoms in total. The number of allylic oxidation sites excluding steroid dienone is 3. The van der Waals surface area contributed by atoms with Crippen molar-refractivity contribution in [3.05, 3.63) is 66.3 Å². The van der Waals surface area contributed by atoms with E-state index in [1.54, 1.807) is 0 Å². The highest BCUT2D eigenvalue weighted by atomic mass is 14.1. The van der Waals surface area contributed by atoms with E-state index < -0.39 is 0 Å². The third-order valence-corrected chi connectivity index (χ3v) is 2.78. The van der Waals surface area contributed by atoms with Gasteiger partial charge in [0.05, 0.1) is 0 Å². The molecule has 0 saturated heterocycles. The molecule has 0 aliphatic heterocycles. The predicted octanol–water partition coefficient (Wildman–Crippen LogP) is 4.49.